The molecule has 1 aliphatic heterocycles. The van der Waals surface area contributed by atoms with E-state index >= 15 is 0 Å². The molecule has 29 heavy (non-hydrogen) atoms. The van der Waals surface area contributed by atoms with E-state index in [4.69, 9.17) is 16.3 Å². The molecule has 3 aromatic rings. The van der Waals surface area contributed by atoms with Crippen LogP contribution in [0.25, 0.3) is 16.9 Å². The molecule has 1 fully saturated rings. The number of aromatic nitrogens is 5. The molecule has 0 atom stereocenters. The smallest absolute Gasteiger partial charge is 0.222 e. The minimum atomic E-state index is 0.156. The summed E-state index contributed by atoms with van der Waals surface area (Å²) in [6.45, 7) is 2.68. The van der Waals surface area contributed by atoms with Gasteiger partial charge in [0, 0.05) is 38.5 Å². The first-order valence-corrected chi connectivity index (χ1v) is 10.0. The molecule has 1 aromatic carbocycles. The van der Waals surface area contributed by atoms with E-state index in [-0.39, 0.29) is 5.91 Å². The number of piperazine rings is 1. The highest BCUT2D eigenvalue weighted by Crippen LogP contribution is 2.24. The number of fused-ring (bicyclic) bond motifs is 1. The summed E-state index contributed by atoms with van der Waals surface area (Å²) in [5.41, 5.74) is 2.12. The van der Waals surface area contributed by atoms with Crippen molar-refractivity contribution < 1.29 is 9.53 Å². The lowest BCUT2D eigenvalue weighted by atomic mass is 10.2. The van der Waals surface area contributed by atoms with E-state index in [0.717, 1.165) is 17.3 Å². The Bertz CT molecular complexity index is 984. The molecule has 10 heteroatoms. The lowest BCUT2D eigenvalue weighted by Crippen LogP contribution is -2.49. The fourth-order valence-corrected chi connectivity index (χ4v) is 3.54. The molecule has 0 spiro atoms. The zero-order chi connectivity index (χ0) is 20.2. The van der Waals surface area contributed by atoms with Gasteiger partial charge in [0.05, 0.1) is 12.8 Å². The summed E-state index contributed by atoms with van der Waals surface area (Å²) < 4.78 is 6.89. The van der Waals surface area contributed by atoms with E-state index in [1.54, 1.807) is 11.8 Å². The van der Waals surface area contributed by atoms with Crippen molar-refractivity contribution in [2.24, 2.45) is 0 Å². The standard InChI is InChI=1S/C19H22ClN7O2/c1-29-15-6-4-14(5-7-15)27-19-17(23-24-27)18(21-13-22-19)26-11-9-25(10-12-26)16(28)3-2-8-20/h4-7,13H,2-3,8-12H2,1H3. The summed E-state index contributed by atoms with van der Waals surface area (Å²) >= 11 is 5.69. The number of ether oxygens (including phenoxy) is 1. The second kappa shape index (κ2) is 8.60. The molecule has 0 bridgehead atoms. The van der Waals surface area contributed by atoms with Gasteiger partial charge in [0.25, 0.3) is 0 Å². The molecular formula is C19H22ClN7O2. The first kappa shape index (κ1) is 19.4. The van der Waals surface area contributed by atoms with E-state index in [1.165, 1.54) is 6.33 Å². The van der Waals surface area contributed by atoms with E-state index in [1.807, 2.05) is 29.2 Å². The molecule has 9 nitrogen and oxygen atoms in total. The third-order valence-electron chi connectivity index (χ3n) is 4.99. The van der Waals surface area contributed by atoms with Crippen molar-refractivity contribution in [2.45, 2.75) is 12.8 Å². The molecule has 1 aliphatic rings. The molecule has 152 valence electrons. The van der Waals surface area contributed by atoms with Crippen LogP contribution in [0.4, 0.5) is 5.82 Å². The number of anilines is 1. The van der Waals surface area contributed by atoms with Crippen molar-refractivity contribution in [3.8, 4) is 11.4 Å². The van der Waals surface area contributed by atoms with Gasteiger partial charge in [-0.2, -0.15) is 4.68 Å². The van der Waals surface area contributed by atoms with Crippen LogP contribution in [0.1, 0.15) is 12.8 Å². The number of benzene rings is 1. The van der Waals surface area contributed by atoms with Gasteiger partial charge in [-0.1, -0.05) is 5.21 Å². The Morgan fingerprint density at radius 2 is 1.90 bits per heavy atom. The van der Waals surface area contributed by atoms with E-state index in [2.05, 4.69) is 25.2 Å². The summed E-state index contributed by atoms with van der Waals surface area (Å²) in [6, 6.07) is 7.54. The molecule has 0 saturated carbocycles. The molecule has 1 amide bonds. The number of amides is 1. The Morgan fingerprint density at radius 3 is 2.59 bits per heavy atom. The molecule has 2 aromatic heterocycles. The Labute approximate surface area is 173 Å². The first-order valence-electron chi connectivity index (χ1n) is 9.51. The number of hydrogen-bond acceptors (Lipinski definition) is 7. The molecule has 0 radical (unpaired) electrons. The average molecular weight is 416 g/mol. The van der Waals surface area contributed by atoms with Crippen molar-refractivity contribution >= 4 is 34.5 Å². The quantitative estimate of drug-likeness (QED) is 0.568. The van der Waals surface area contributed by atoms with Crippen LogP contribution in [0.15, 0.2) is 30.6 Å². The summed E-state index contributed by atoms with van der Waals surface area (Å²) in [6.07, 6.45) is 2.73. The maximum Gasteiger partial charge on any atom is 0.222 e. The lowest BCUT2D eigenvalue weighted by molar-refractivity contribution is -0.131. The SMILES string of the molecule is COc1ccc(-n2nnc3c(N4CCN(C(=O)CCCCl)CC4)ncnc32)cc1. The van der Waals surface area contributed by atoms with Crippen LogP contribution in [-0.4, -0.2) is 74.9 Å². The van der Waals surface area contributed by atoms with Gasteiger partial charge in [-0.3, -0.25) is 4.79 Å². The van der Waals surface area contributed by atoms with Crippen LogP contribution in [0.2, 0.25) is 0 Å². The fraction of sp³-hybridized carbons (Fsp3) is 0.421. The number of methoxy groups -OCH3 is 1. The van der Waals surface area contributed by atoms with Gasteiger partial charge in [0.15, 0.2) is 17.0 Å². The summed E-state index contributed by atoms with van der Waals surface area (Å²) in [4.78, 5) is 25.0. The van der Waals surface area contributed by atoms with Crippen LogP contribution in [0.3, 0.4) is 0 Å². The second-order valence-corrected chi connectivity index (χ2v) is 7.11. The van der Waals surface area contributed by atoms with Crippen molar-refractivity contribution in [1.82, 2.24) is 29.9 Å². The molecule has 0 N–H and O–H groups in total. The lowest BCUT2D eigenvalue weighted by Gasteiger charge is -2.35. The Hall–Kier alpha value is -2.94. The summed E-state index contributed by atoms with van der Waals surface area (Å²) in [5, 5.41) is 8.60. The van der Waals surface area contributed by atoms with E-state index < -0.39 is 0 Å². The largest absolute Gasteiger partial charge is 0.497 e. The Kier molecular flexibility index (Phi) is 5.75. The number of rotatable bonds is 6. The van der Waals surface area contributed by atoms with Gasteiger partial charge in [-0.15, -0.1) is 16.7 Å². The fourth-order valence-electron chi connectivity index (χ4n) is 3.41. The van der Waals surface area contributed by atoms with Crippen LogP contribution >= 0.6 is 11.6 Å². The summed E-state index contributed by atoms with van der Waals surface area (Å²) in [7, 11) is 1.63. The second-order valence-electron chi connectivity index (χ2n) is 6.73. The topological polar surface area (TPSA) is 89.3 Å². The summed E-state index contributed by atoms with van der Waals surface area (Å²) in [5.74, 6) is 2.17. The maximum absolute atomic E-state index is 12.2. The van der Waals surface area contributed by atoms with Crippen LogP contribution in [-0.2, 0) is 4.79 Å². The average Bonchev–Trinajstić information content (AvgIpc) is 3.22. The zero-order valence-electron chi connectivity index (χ0n) is 16.2. The Morgan fingerprint density at radius 1 is 1.14 bits per heavy atom. The van der Waals surface area contributed by atoms with Gasteiger partial charge in [0.1, 0.15) is 12.1 Å². The third kappa shape index (κ3) is 3.95. The predicted molar refractivity (Wildman–Crippen MR) is 110 cm³/mol. The molecular weight excluding hydrogens is 394 g/mol. The van der Waals surface area contributed by atoms with Crippen LogP contribution < -0.4 is 9.64 Å². The number of carbonyl (C=O) groups is 1. The minimum absolute atomic E-state index is 0.156. The predicted octanol–water partition coefficient (Wildman–Crippen LogP) is 1.89. The number of carbonyl (C=O) groups excluding carboxylic acids is 1. The van der Waals surface area contributed by atoms with Gasteiger partial charge < -0.3 is 14.5 Å². The third-order valence-corrected chi connectivity index (χ3v) is 5.26. The van der Waals surface area contributed by atoms with Crippen molar-refractivity contribution in [3.05, 3.63) is 30.6 Å². The van der Waals surface area contributed by atoms with Gasteiger partial charge >= 0.3 is 0 Å². The Balaban J connectivity index is 1.53. The van der Waals surface area contributed by atoms with Crippen molar-refractivity contribution in [3.63, 3.8) is 0 Å². The number of halogens is 1. The first-order chi connectivity index (χ1) is 14.2. The van der Waals surface area contributed by atoms with Gasteiger partial charge in [-0.05, 0) is 30.7 Å². The minimum Gasteiger partial charge on any atom is -0.497 e. The van der Waals surface area contributed by atoms with Crippen LogP contribution in [0, 0.1) is 0 Å². The molecule has 3 heterocycles. The highest BCUT2D eigenvalue weighted by atomic mass is 35.5. The monoisotopic (exact) mass is 415 g/mol. The zero-order valence-corrected chi connectivity index (χ0v) is 16.9. The van der Waals surface area contributed by atoms with E-state index in [0.29, 0.717) is 56.1 Å². The van der Waals surface area contributed by atoms with Gasteiger partial charge in [0.2, 0.25) is 5.91 Å². The molecule has 1 saturated heterocycles. The molecule has 4 rings (SSSR count). The van der Waals surface area contributed by atoms with Gasteiger partial charge in [-0.25, -0.2) is 9.97 Å². The van der Waals surface area contributed by atoms with Crippen molar-refractivity contribution in [1.29, 1.82) is 0 Å². The normalized spacial score (nSPS) is 14.4. The number of nitrogens with zero attached hydrogens (tertiary/aromatic N) is 7. The number of alkyl halides is 1. The molecule has 0 aliphatic carbocycles. The van der Waals surface area contributed by atoms with E-state index in [9.17, 15) is 4.79 Å². The highest BCUT2D eigenvalue weighted by molar-refractivity contribution is 6.17. The molecule has 0 unspecified atom stereocenters. The highest BCUT2D eigenvalue weighted by Gasteiger charge is 2.24. The van der Waals surface area contributed by atoms with Crippen LogP contribution in [0.5, 0.6) is 5.75 Å². The number of hydrogen-bond donors (Lipinski definition) is 0. The van der Waals surface area contributed by atoms with Crippen molar-refractivity contribution in [2.75, 3.05) is 44.1 Å². The maximum atomic E-state index is 12.2.